The van der Waals surface area contributed by atoms with Crippen LogP contribution in [0.1, 0.15) is 66.7 Å². The summed E-state index contributed by atoms with van der Waals surface area (Å²) in [5, 5.41) is 0. The lowest BCUT2D eigenvalue weighted by molar-refractivity contribution is -0.166. The molecule has 0 heterocycles. The molecule has 3 atom stereocenters. The van der Waals surface area contributed by atoms with E-state index in [9.17, 15) is 14.4 Å². The lowest BCUT2D eigenvalue weighted by atomic mass is 9.67. The van der Waals surface area contributed by atoms with Gasteiger partial charge in [-0.15, -0.1) is 0 Å². The number of nitrogens with two attached hydrogens (primary N) is 1. The number of rotatable bonds is 10. The third-order valence-corrected chi connectivity index (χ3v) is 6.47. The van der Waals surface area contributed by atoms with Crippen LogP contribution in [0.15, 0.2) is 0 Å². The van der Waals surface area contributed by atoms with Crippen LogP contribution in [-0.2, 0) is 28.6 Å². The lowest BCUT2D eigenvalue weighted by Gasteiger charge is -2.38. The summed E-state index contributed by atoms with van der Waals surface area (Å²) in [6.45, 7) is 10.0. The average Bonchev–Trinajstić information content (AvgIpc) is 2.70. The lowest BCUT2D eigenvalue weighted by Crippen LogP contribution is -2.44. The maximum atomic E-state index is 12.8. The van der Waals surface area contributed by atoms with Crippen molar-refractivity contribution in [1.82, 2.24) is 0 Å². The van der Waals surface area contributed by atoms with Gasteiger partial charge in [-0.1, -0.05) is 47.5 Å². The minimum Gasteiger partial charge on any atom is -0.469 e. The Morgan fingerprint density at radius 3 is 1.86 bits per heavy atom. The summed E-state index contributed by atoms with van der Waals surface area (Å²) < 4.78 is 15.7. The molecule has 0 spiro atoms. The highest BCUT2D eigenvalue weighted by Crippen LogP contribution is 2.40. The smallest absolute Gasteiger partial charge is 0.312 e. The van der Waals surface area contributed by atoms with E-state index in [1.165, 1.54) is 7.11 Å². The van der Waals surface area contributed by atoms with Gasteiger partial charge in [-0.05, 0) is 31.1 Å². The highest BCUT2D eigenvalue weighted by atomic mass is 16.6. The average molecular weight is 414 g/mol. The van der Waals surface area contributed by atoms with E-state index in [-0.39, 0.29) is 37.0 Å². The van der Waals surface area contributed by atoms with Crippen molar-refractivity contribution in [1.29, 1.82) is 0 Å². The molecule has 0 aromatic carbocycles. The van der Waals surface area contributed by atoms with Gasteiger partial charge in [-0.2, -0.15) is 0 Å². The molecule has 0 radical (unpaired) electrons. The topological polar surface area (TPSA) is 105 Å². The van der Waals surface area contributed by atoms with Gasteiger partial charge >= 0.3 is 17.9 Å². The summed E-state index contributed by atoms with van der Waals surface area (Å²) in [4.78, 5) is 37.2. The molecule has 29 heavy (non-hydrogen) atoms. The van der Waals surface area contributed by atoms with Gasteiger partial charge in [0.25, 0.3) is 0 Å². The van der Waals surface area contributed by atoms with Gasteiger partial charge in [0.15, 0.2) is 0 Å². The summed E-state index contributed by atoms with van der Waals surface area (Å²) in [5.41, 5.74) is 5.45. The van der Waals surface area contributed by atoms with Crippen LogP contribution < -0.4 is 5.73 Å². The van der Waals surface area contributed by atoms with Crippen molar-refractivity contribution in [3.05, 3.63) is 0 Å². The first-order chi connectivity index (χ1) is 13.6. The Bertz CT molecular complexity index is 552. The highest BCUT2D eigenvalue weighted by Gasteiger charge is 2.44. The number of hydrogen-bond donors (Lipinski definition) is 1. The van der Waals surface area contributed by atoms with Crippen molar-refractivity contribution < 1.29 is 28.6 Å². The second kappa shape index (κ2) is 11.5. The number of methoxy groups -OCH3 is 1. The van der Waals surface area contributed by atoms with Gasteiger partial charge in [-0.25, -0.2) is 0 Å². The Morgan fingerprint density at radius 1 is 0.931 bits per heavy atom. The van der Waals surface area contributed by atoms with Crippen LogP contribution in [-0.4, -0.2) is 44.3 Å². The van der Waals surface area contributed by atoms with Gasteiger partial charge in [-0.3, -0.25) is 14.4 Å². The Kier molecular flexibility index (Phi) is 10.1. The van der Waals surface area contributed by atoms with Gasteiger partial charge < -0.3 is 19.9 Å². The third-order valence-electron chi connectivity index (χ3n) is 6.47. The van der Waals surface area contributed by atoms with Crippen LogP contribution in [0.2, 0.25) is 0 Å². The molecule has 0 saturated heterocycles. The molecule has 1 saturated carbocycles. The highest BCUT2D eigenvalue weighted by molar-refractivity contribution is 5.82. The normalized spacial score (nSPS) is 21.0. The van der Waals surface area contributed by atoms with Crippen molar-refractivity contribution in [2.24, 2.45) is 34.8 Å². The quantitative estimate of drug-likeness (QED) is 0.433. The second-order valence-electron chi connectivity index (χ2n) is 8.71. The van der Waals surface area contributed by atoms with Crippen molar-refractivity contribution in [2.45, 2.75) is 72.8 Å². The number of ether oxygens (including phenoxy) is 3. The fraction of sp³-hybridized carbons (Fsp3) is 0.864. The first kappa shape index (κ1) is 25.4. The molecule has 0 aromatic rings. The van der Waals surface area contributed by atoms with Crippen molar-refractivity contribution in [3.63, 3.8) is 0 Å². The molecule has 3 unspecified atom stereocenters. The number of carbonyl (C=O) groups excluding carboxylic acids is 3. The number of carbonyl (C=O) groups is 3. The SMILES string of the molecule is CCC(C(=O)OCC(N)COC(=O)C1CCCCC1C(=O)OC)(C(C)C)C(C)C. The standard InChI is InChI=1S/C22H39NO6/c1-7-22(14(2)3,15(4)5)21(26)29-13-16(23)12-28-20(25)18-11-9-8-10-17(18)19(24)27-6/h14-18H,7-13,23H2,1-6H3. The Balaban J connectivity index is 2.58. The first-order valence-corrected chi connectivity index (χ1v) is 10.8. The Labute approximate surface area is 175 Å². The summed E-state index contributed by atoms with van der Waals surface area (Å²) >= 11 is 0. The van der Waals surface area contributed by atoms with Crippen LogP contribution >= 0.6 is 0 Å². The van der Waals surface area contributed by atoms with E-state index >= 15 is 0 Å². The number of esters is 3. The Morgan fingerprint density at radius 2 is 1.41 bits per heavy atom. The van der Waals surface area contributed by atoms with Crippen molar-refractivity contribution in [3.8, 4) is 0 Å². The molecule has 0 aromatic heterocycles. The molecular weight excluding hydrogens is 374 g/mol. The molecule has 7 heteroatoms. The fourth-order valence-corrected chi connectivity index (χ4v) is 4.61. The van der Waals surface area contributed by atoms with Crippen LogP contribution in [0.3, 0.4) is 0 Å². The van der Waals surface area contributed by atoms with Crippen LogP contribution in [0, 0.1) is 29.1 Å². The zero-order valence-electron chi connectivity index (χ0n) is 18.9. The zero-order chi connectivity index (χ0) is 22.2. The maximum Gasteiger partial charge on any atom is 0.312 e. The van der Waals surface area contributed by atoms with E-state index in [4.69, 9.17) is 19.9 Å². The minimum absolute atomic E-state index is 0.0155. The largest absolute Gasteiger partial charge is 0.469 e. The monoisotopic (exact) mass is 413 g/mol. The van der Waals surface area contributed by atoms with Crippen LogP contribution in [0.5, 0.6) is 0 Å². The van der Waals surface area contributed by atoms with E-state index in [1.54, 1.807) is 0 Å². The van der Waals surface area contributed by atoms with E-state index in [1.807, 2.05) is 34.6 Å². The molecule has 168 valence electrons. The van der Waals surface area contributed by atoms with E-state index in [0.29, 0.717) is 19.3 Å². The fourth-order valence-electron chi connectivity index (χ4n) is 4.61. The van der Waals surface area contributed by atoms with E-state index in [2.05, 4.69) is 0 Å². The molecule has 0 aliphatic heterocycles. The molecule has 0 amide bonds. The van der Waals surface area contributed by atoms with Gasteiger partial charge in [0.1, 0.15) is 13.2 Å². The molecule has 1 fully saturated rings. The Hall–Kier alpha value is -1.63. The predicted octanol–water partition coefficient (Wildman–Crippen LogP) is 3.09. The van der Waals surface area contributed by atoms with Gasteiger partial charge in [0.05, 0.1) is 30.4 Å². The second-order valence-corrected chi connectivity index (χ2v) is 8.71. The minimum atomic E-state index is -0.614. The van der Waals surface area contributed by atoms with Gasteiger partial charge in [0.2, 0.25) is 0 Å². The summed E-state index contributed by atoms with van der Waals surface area (Å²) in [7, 11) is 1.33. The van der Waals surface area contributed by atoms with E-state index in [0.717, 1.165) is 12.8 Å². The maximum absolute atomic E-state index is 12.8. The summed E-state index contributed by atoms with van der Waals surface area (Å²) in [6.07, 6.45) is 3.68. The molecule has 1 aliphatic carbocycles. The molecule has 0 bridgehead atoms. The first-order valence-electron chi connectivity index (χ1n) is 10.8. The van der Waals surface area contributed by atoms with E-state index < -0.39 is 29.3 Å². The van der Waals surface area contributed by atoms with Crippen molar-refractivity contribution >= 4 is 17.9 Å². The zero-order valence-corrected chi connectivity index (χ0v) is 18.9. The molecule has 1 aliphatic rings. The number of hydrogen-bond acceptors (Lipinski definition) is 7. The molecule has 7 nitrogen and oxygen atoms in total. The molecular formula is C22H39NO6. The predicted molar refractivity (Wildman–Crippen MR) is 110 cm³/mol. The van der Waals surface area contributed by atoms with Crippen LogP contribution in [0.4, 0.5) is 0 Å². The van der Waals surface area contributed by atoms with Crippen molar-refractivity contribution in [2.75, 3.05) is 20.3 Å². The summed E-state index contributed by atoms with van der Waals surface area (Å²) in [5.74, 6) is -1.76. The third kappa shape index (κ3) is 6.17. The molecule has 1 rings (SSSR count). The molecule has 2 N–H and O–H groups in total. The van der Waals surface area contributed by atoms with Crippen LogP contribution in [0.25, 0.3) is 0 Å². The summed E-state index contributed by atoms with van der Waals surface area (Å²) in [6, 6.07) is -0.614. The van der Waals surface area contributed by atoms with Gasteiger partial charge in [0, 0.05) is 0 Å².